The lowest BCUT2D eigenvalue weighted by Gasteiger charge is -2.09. The molecule has 0 fully saturated rings. The molecule has 0 radical (unpaired) electrons. The minimum Gasteiger partial charge on any atom is -0.392 e. The van der Waals surface area contributed by atoms with Crippen molar-refractivity contribution in [2.24, 2.45) is 0 Å². The molecule has 1 unspecified atom stereocenters. The first-order valence-electron chi connectivity index (χ1n) is 4.92. The van der Waals surface area contributed by atoms with Crippen molar-refractivity contribution in [3.63, 3.8) is 0 Å². The molecule has 74 valence electrons. The fourth-order valence-corrected chi connectivity index (χ4v) is 3.83. The van der Waals surface area contributed by atoms with Gasteiger partial charge in [-0.25, -0.2) is 0 Å². The molecule has 0 aliphatic rings. The van der Waals surface area contributed by atoms with Crippen LogP contribution in [-0.2, 0) is 0 Å². The quantitative estimate of drug-likeness (QED) is 0.645. The van der Waals surface area contributed by atoms with Gasteiger partial charge in [0.25, 0.3) is 0 Å². The van der Waals surface area contributed by atoms with E-state index in [9.17, 15) is 5.11 Å². The number of aliphatic hydroxyl groups excluding tert-OH is 1. The van der Waals surface area contributed by atoms with Crippen LogP contribution in [0.3, 0.4) is 0 Å². The molecule has 0 bridgehead atoms. The van der Waals surface area contributed by atoms with Crippen LogP contribution in [-0.4, -0.2) is 31.1 Å². The van der Waals surface area contributed by atoms with Crippen molar-refractivity contribution in [1.29, 1.82) is 0 Å². The van der Waals surface area contributed by atoms with Crippen molar-refractivity contribution in [2.45, 2.75) is 45.4 Å². The van der Waals surface area contributed by atoms with Gasteiger partial charge in [0.2, 0.25) is 0 Å². The third-order valence-electron chi connectivity index (χ3n) is 1.65. The molecule has 1 N–H and O–H groups in total. The monoisotopic (exact) mass is 206 g/mol. The number of hydrogen-bond acceptors (Lipinski definition) is 2. The minimum atomic E-state index is -0.405. The van der Waals surface area contributed by atoms with E-state index >= 15 is 0 Å². The lowest BCUT2D eigenvalue weighted by atomic mass is 10.2. The van der Waals surface area contributed by atoms with E-state index in [0.29, 0.717) is 0 Å². The van der Waals surface area contributed by atoms with Gasteiger partial charge in [-0.05, 0) is 11.8 Å². The predicted molar refractivity (Wildman–Crippen MR) is 61.7 cm³/mol. The van der Waals surface area contributed by atoms with E-state index in [0.717, 1.165) is 12.2 Å². The molecule has 0 rings (SSSR count). The fraction of sp³-hybridized carbons (Fsp3) is 1.00. The number of aliphatic hydroxyl groups is 1. The highest BCUT2D eigenvalue weighted by Gasteiger charge is 2.04. The highest BCUT2D eigenvalue weighted by atomic mass is 32.2. The van der Waals surface area contributed by atoms with Gasteiger partial charge in [0.15, 0.2) is 0 Å². The van der Waals surface area contributed by atoms with Crippen LogP contribution >= 0.6 is 11.8 Å². The predicted octanol–water partition coefficient (Wildman–Crippen LogP) is 2.30. The molecule has 0 amide bonds. The van der Waals surface area contributed by atoms with Gasteiger partial charge in [0.05, 0.1) is 6.10 Å². The molecular formula is C9H22OSSi. The number of unbranched alkanes of at least 4 members (excludes halogenated alkanes) is 1. The van der Waals surface area contributed by atoms with Crippen LogP contribution in [0.25, 0.3) is 0 Å². The van der Waals surface area contributed by atoms with Crippen molar-refractivity contribution in [2.75, 3.05) is 11.1 Å². The topological polar surface area (TPSA) is 20.2 Å². The Morgan fingerprint density at radius 1 is 1.42 bits per heavy atom. The van der Waals surface area contributed by atoms with Gasteiger partial charge in [0, 0.05) is 14.5 Å². The number of hydrogen-bond donors (Lipinski definition) is 1. The Kier molecular flexibility index (Phi) is 8.50. The van der Waals surface area contributed by atoms with Crippen LogP contribution in [0.4, 0.5) is 0 Å². The number of rotatable bonds is 7. The highest BCUT2D eigenvalue weighted by molar-refractivity contribution is 8.00. The standard InChI is InChI=1S/C9H22OSSi/c1-4-5-6-9(10)7-11-8-12(2)3/h9-10,12H,4-8H2,1-3H3. The first-order valence-corrected chi connectivity index (χ1v) is 9.20. The van der Waals surface area contributed by atoms with Gasteiger partial charge in [-0.3, -0.25) is 0 Å². The van der Waals surface area contributed by atoms with Crippen molar-refractivity contribution >= 4 is 20.6 Å². The average Bonchev–Trinajstić information content (AvgIpc) is 2.00. The summed E-state index contributed by atoms with van der Waals surface area (Å²) in [7, 11) is -0.405. The van der Waals surface area contributed by atoms with E-state index in [1.165, 1.54) is 18.2 Å². The zero-order valence-corrected chi connectivity index (χ0v) is 10.5. The Hall–Kier alpha value is 0.527. The summed E-state index contributed by atoms with van der Waals surface area (Å²) in [5, 5.41) is 10.8. The SMILES string of the molecule is CCCCC(O)CSC[SiH](C)C. The molecule has 0 aliphatic carbocycles. The van der Waals surface area contributed by atoms with Crippen LogP contribution in [0.15, 0.2) is 0 Å². The summed E-state index contributed by atoms with van der Waals surface area (Å²) in [5.74, 6) is 0.950. The van der Waals surface area contributed by atoms with E-state index in [1.54, 1.807) is 0 Å². The highest BCUT2D eigenvalue weighted by Crippen LogP contribution is 2.09. The molecule has 0 aromatic heterocycles. The van der Waals surface area contributed by atoms with Crippen LogP contribution in [0.1, 0.15) is 26.2 Å². The van der Waals surface area contributed by atoms with Crippen molar-refractivity contribution < 1.29 is 5.11 Å². The van der Waals surface area contributed by atoms with Gasteiger partial charge in [-0.2, -0.15) is 11.8 Å². The molecule has 0 saturated carbocycles. The summed E-state index contributed by atoms with van der Waals surface area (Å²) < 4.78 is 0. The molecule has 1 atom stereocenters. The summed E-state index contributed by atoms with van der Waals surface area (Å²) in [6, 6.07) is 0. The molecule has 0 spiro atoms. The maximum absolute atomic E-state index is 9.49. The zero-order chi connectivity index (χ0) is 9.40. The largest absolute Gasteiger partial charge is 0.392 e. The maximum Gasteiger partial charge on any atom is 0.0630 e. The maximum atomic E-state index is 9.49. The van der Waals surface area contributed by atoms with Crippen LogP contribution < -0.4 is 0 Å². The Bertz CT molecular complexity index is 98.5. The third kappa shape index (κ3) is 8.62. The van der Waals surface area contributed by atoms with E-state index in [2.05, 4.69) is 20.0 Å². The van der Waals surface area contributed by atoms with Gasteiger partial charge in [-0.1, -0.05) is 32.9 Å². The Balaban J connectivity index is 3.13. The normalized spacial score (nSPS) is 13.8. The van der Waals surface area contributed by atoms with Crippen LogP contribution in [0.2, 0.25) is 13.1 Å². The zero-order valence-electron chi connectivity index (χ0n) is 8.55. The molecule has 0 heterocycles. The first-order chi connectivity index (χ1) is 5.66. The summed E-state index contributed by atoms with van der Waals surface area (Å²) >= 11 is 1.93. The Morgan fingerprint density at radius 2 is 2.08 bits per heavy atom. The van der Waals surface area contributed by atoms with Crippen LogP contribution in [0, 0.1) is 0 Å². The molecular weight excluding hydrogens is 184 g/mol. The molecule has 0 saturated heterocycles. The van der Waals surface area contributed by atoms with Gasteiger partial charge in [0.1, 0.15) is 0 Å². The van der Waals surface area contributed by atoms with Crippen molar-refractivity contribution in [3.05, 3.63) is 0 Å². The minimum absolute atomic E-state index is 0.0531. The fourth-order valence-electron chi connectivity index (χ4n) is 0.963. The smallest absolute Gasteiger partial charge is 0.0630 e. The molecule has 1 nitrogen and oxygen atoms in total. The summed E-state index contributed by atoms with van der Waals surface area (Å²) in [4.78, 5) is 0. The van der Waals surface area contributed by atoms with E-state index in [-0.39, 0.29) is 6.10 Å². The average molecular weight is 206 g/mol. The molecule has 0 aromatic rings. The van der Waals surface area contributed by atoms with Crippen molar-refractivity contribution in [3.8, 4) is 0 Å². The second-order valence-corrected chi connectivity index (χ2v) is 8.59. The molecule has 0 aliphatic heterocycles. The van der Waals surface area contributed by atoms with E-state index < -0.39 is 8.80 Å². The van der Waals surface area contributed by atoms with E-state index in [4.69, 9.17) is 0 Å². The molecule has 12 heavy (non-hydrogen) atoms. The lowest BCUT2D eigenvalue weighted by molar-refractivity contribution is 0.186. The molecule has 0 aromatic carbocycles. The second kappa shape index (κ2) is 8.14. The summed E-state index contributed by atoms with van der Waals surface area (Å²) in [5.41, 5.74) is 0. The van der Waals surface area contributed by atoms with E-state index in [1.807, 2.05) is 11.8 Å². The second-order valence-electron chi connectivity index (χ2n) is 3.73. The number of thioether (sulfide) groups is 1. The van der Waals surface area contributed by atoms with Gasteiger partial charge in [-0.15, -0.1) is 0 Å². The lowest BCUT2D eigenvalue weighted by Crippen LogP contribution is -2.13. The first kappa shape index (κ1) is 12.5. The molecule has 3 heteroatoms. The van der Waals surface area contributed by atoms with Gasteiger partial charge >= 0.3 is 0 Å². The third-order valence-corrected chi connectivity index (χ3v) is 5.88. The summed E-state index contributed by atoms with van der Waals surface area (Å²) in [6.45, 7) is 6.87. The Morgan fingerprint density at radius 3 is 2.58 bits per heavy atom. The van der Waals surface area contributed by atoms with Gasteiger partial charge < -0.3 is 5.11 Å². The van der Waals surface area contributed by atoms with Crippen molar-refractivity contribution in [1.82, 2.24) is 0 Å². The summed E-state index contributed by atoms with van der Waals surface area (Å²) in [6.07, 6.45) is 3.30. The Labute approximate surface area is 82.6 Å². The van der Waals surface area contributed by atoms with Crippen LogP contribution in [0.5, 0.6) is 0 Å².